The predicted octanol–water partition coefficient (Wildman–Crippen LogP) is 0.184. The number of carbonyl (C=O) groups excluding carboxylic acids is 1. The summed E-state index contributed by atoms with van der Waals surface area (Å²) in [5, 5.41) is 8.55. The topological polar surface area (TPSA) is 70.1 Å². The molecule has 1 saturated heterocycles. The van der Waals surface area contributed by atoms with E-state index < -0.39 is 31.3 Å². The summed E-state index contributed by atoms with van der Waals surface area (Å²) in [7, 11) is 0. The van der Waals surface area contributed by atoms with E-state index in [-0.39, 0.29) is 6.42 Å². The molecule has 0 unspecified atom stereocenters. The number of ether oxygens (including phenoxy) is 1. The van der Waals surface area contributed by atoms with Crippen LogP contribution >= 0.6 is 0 Å². The van der Waals surface area contributed by atoms with Gasteiger partial charge in [0.05, 0.1) is 6.42 Å². The van der Waals surface area contributed by atoms with Gasteiger partial charge in [-0.2, -0.15) is 13.2 Å². The van der Waals surface area contributed by atoms with Gasteiger partial charge < -0.3 is 14.7 Å². The fourth-order valence-electron chi connectivity index (χ4n) is 1.82. The molecule has 1 amide bonds. The molecule has 0 saturated carbocycles. The van der Waals surface area contributed by atoms with Crippen molar-refractivity contribution in [2.24, 2.45) is 0 Å². The molecule has 0 aromatic carbocycles. The molecule has 116 valence electrons. The van der Waals surface area contributed by atoms with E-state index in [2.05, 4.69) is 4.74 Å². The van der Waals surface area contributed by atoms with Crippen molar-refractivity contribution in [3.63, 3.8) is 0 Å². The van der Waals surface area contributed by atoms with Gasteiger partial charge in [-0.05, 0) is 0 Å². The summed E-state index contributed by atoms with van der Waals surface area (Å²) in [4.78, 5) is 25.3. The van der Waals surface area contributed by atoms with Crippen LogP contribution < -0.4 is 0 Å². The Labute approximate surface area is 114 Å². The zero-order valence-corrected chi connectivity index (χ0v) is 10.9. The van der Waals surface area contributed by atoms with Crippen molar-refractivity contribution in [3.8, 4) is 0 Å². The Hall–Kier alpha value is -1.35. The lowest BCUT2D eigenvalue weighted by atomic mass is 10.3. The number of alkyl halides is 3. The van der Waals surface area contributed by atoms with Crippen molar-refractivity contribution in [1.82, 2.24) is 9.80 Å². The number of carboxylic acids is 1. The van der Waals surface area contributed by atoms with Crippen LogP contribution in [-0.4, -0.2) is 78.9 Å². The zero-order valence-electron chi connectivity index (χ0n) is 10.9. The molecule has 1 N–H and O–H groups in total. The average molecular weight is 298 g/mol. The number of hydrogen-bond donors (Lipinski definition) is 1. The molecule has 1 heterocycles. The molecule has 9 heteroatoms. The van der Waals surface area contributed by atoms with Gasteiger partial charge in [0.25, 0.3) is 0 Å². The quantitative estimate of drug-likeness (QED) is 0.758. The van der Waals surface area contributed by atoms with Gasteiger partial charge >= 0.3 is 12.1 Å². The van der Waals surface area contributed by atoms with E-state index in [9.17, 15) is 22.8 Å². The van der Waals surface area contributed by atoms with Crippen LogP contribution in [0, 0.1) is 0 Å². The van der Waals surface area contributed by atoms with Crippen LogP contribution in [0.25, 0.3) is 0 Å². The SMILES string of the molecule is O=C(O)CCN1CCN(C(=O)COCC(F)(F)F)CC1. The lowest BCUT2D eigenvalue weighted by Gasteiger charge is -2.34. The zero-order chi connectivity index (χ0) is 15.2. The van der Waals surface area contributed by atoms with Gasteiger partial charge in [-0.1, -0.05) is 0 Å². The number of piperazine rings is 1. The highest BCUT2D eigenvalue weighted by Crippen LogP contribution is 2.14. The van der Waals surface area contributed by atoms with E-state index in [0.29, 0.717) is 32.7 Å². The first-order valence-electron chi connectivity index (χ1n) is 6.14. The third-order valence-electron chi connectivity index (χ3n) is 2.86. The van der Waals surface area contributed by atoms with Crippen LogP contribution in [-0.2, 0) is 14.3 Å². The standard InChI is InChI=1S/C11H17F3N2O4/c12-11(13,14)8-20-7-9(17)16-5-3-15(4-6-16)2-1-10(18)19/h1-8H2,(H,18,19). The number of aliphatic carboxylic acids is 1. The lowest BCUT2D eigenvalue weighted by molar-refractivity contribution is -0.178. The van der Waals surface area contributed by atoms with Gasteiger partial charge in [0, 0.05) is 32.7 Å². The van der Waals surface area contributed by atoms with E-state index in [1.54, 1.807) is 0 Å². The minimum absolute atomic E-state index is 0.0304. The van der Waals surface area contributed by atoms with Gasteiger partial charge in [0.1, 0.15) is 13.2 Å². The van der Waals surface area contributed by atoms with E-state index in [4.69, 9.17) is 5.11 Å². The fraction of sp³-hybridized carbons (Fsp3) is 0.818. The van der Waals surface area contributed by atoms with Gasteiger partial charge in [0.15, 0.2) is 0 Å². The summed E-state index contributed by atoms with van der Waals surface area (Å²) in [6, 6.07) is 0. The van der Waals surface area contributed by atoms with Crippen LogP contribution in [0.5, 0.6) is 0 Å². The molecule has 20 heavy (non-hydrogen) atoms. The third kappa shape index (κ3) is 6.71. The van der Waals surface area contributed by atoms with E-state index in [1.807, 2.05) is 4.90 Å². The molecule has 0 spiro atoms. The minimum atomic E-state index is -4.43. The second-order valence-corrected chi connectivity index (χ2v) is 4.47. The van der Waals surface area contributed by atoms with Crippen molar-refractivity contribution >= 4 is 11.9 Å². The molecule has 1 rings (SSSR count). The number of rotatable bonds is 6. The van der Waals surface area contributed by atoms with E-state index >= 15 is 0 Å². The number of hydrogen-bond acceptors (Lipinski definition) is 4. The Kier molecular flexibility index (Phi) is 6.21. The molecular formula is C11H17F3N2O4. The fourth-order valence-corrected chi connectivity index (χ4v) is 1.82. The maximum Gasteiger partial charge on any atom is 0.411 e. The molecule has 0 bridgehead atoms. The summed E-state index contributed by atoms with van der Waals surface area (Å²) in [5.74, 6) is -1.36. The number of carboxylic acid groups (broad SMARTS) is 1. The largest absolute Gasteiger partial charge is 0.481 e. The highest BCUT2D eigenvalue weighted by atomic mass is 19.4. The second-order valence-electron chi connectivity index (χ2n) is 4.47. The number of carbonyl (C=O) groups is 2. The highest BCUT2D eigenvalue weighted by Gasteiger charge is 2.28. The van der Waals surface area contributed by atoms with Gasteiger partial charge in [-0.3, -0.25) is 14.5 Å². The third-order valence-corrected chi connectivity index (χ3v) is 2.86. The van der Waals surface area contributed by atoms with Gasteiger partial charge in [-0.15, -0.1) is 0 Å². The van der Waals surface area contributed by atoms with E-state index in [1.165, 1.54) is 4.90 Å². The Morgan fingerprint density at radius 2 is 1.75 bits per heavy atom. The summed E-state index contributed by atoms with van der Waals surface area (Å²) in [6.45, 7) is 0.145. The second kappa shape index (κ2) is 7.44. The Balaban J connectivity index is 2.20. The smallest absolute Gasteiger partial charge is 0.411 e. The molecule has 0 aromatic rings. The molecule has 0 aromatic heterocycles. The summed E-state index contributed by atoms with van der Waals surface area (Å²) >= 11 is 0. The normalized spacial score (nSPS) is 17.2. The average Bonchev–Trinajstić information content (AvgIpc) is 2.35. The van der Waals surface area contributed by atoms with Crippen molar-refractivity contribution < 1.29 is 32.6 Å². The number of amides is 1. The molecule has 1 aliphatic rings. The van der Waals surface area contributed by atoms with Gasteiger partial charge in [-0.25, -0.2) is 0 Å². The van der Waals surface area contributed by atoms with Crippen LogP contribution in [0.3, 0.4) is 0 Å². The maximum absolute atomic E-state index is 11.8. The minimum Gasteiger partial charge on any atom is -0.481 e. The molecular weight excluding hydrogens is 281 g/mol. The molecule has 1 fully saturated rings. The van der Waals surface area contributed by atoms with E-state index in [0.717, 1.165) is 0 Å². The first-order chi connectivity index (χ1) is 9.28. The highest BCUT2D eigenvalue weighted by molar-refractivity contribution is 5.77. The van der Waals surface area contributed by atoms with Crippen LogP contribution in [0.1, 0.15) is 6.42 Å². The summed E-state index contributed by atoms with van der Waals surface area (Å²) < 4.78 is 39.8. The van der Waals surface area contributed by atoms with Crippen LogP contribution in [0.15, 0.2) is 0 Å². The van der Waals surface area contributed by atoms with Gasteiger partial charge in [0.2, 0.25) is 5.91 Å². The molecule has 1 aliphatic heterocycles. The van der Waals surface area contributed by atoms with Crippen molar-refractivity contribution in [1.29, 1.82) is 0 Å². The maximum atomic E-state index is 11.8. The lowest BCUT2D eigenvalue weighted by Crippen LogP contribution is -2.50. The molecule has 0 atom stereocenters. The predicted molar refractivity (Wildman–Crippen MR) is 62.1 cm³/mol. The molecule has 0 radical (unpaired) electrons. The summed E-state index contributed by atoms with van der Waals surface area (Å²) in [5.41, 5.74) is 0. The van der Waals surface area contributed by atoms with Crippen molar-refractivity contribution in [3.05, 3.63) is 0 Å². The molecule has 0 aliphatic carbocycles. The van der Waals surface area contributed by atoms with Crippen molar-refractivity contribution in [2.45, 2.75) is 12.6 Å². The van der Waals surface area contributed by atoms with Crippen LogP contribution in [0.2, 0.25) is 0 Å². The van der Waals surface area contributed by atoms with Crippen molar-refractivity contribution in [2.75, 3.05) is 45.9 Å². The Morgan fingerprint density at radius 1 is 1.15 bits per heavy atom. The van der Waals surface area contributed by atoms with Crippen LogP contribution in [0.4, 0.5) is 13.2 Å². The Morgan fingerprint density at radius 3 is 2.25 bits per heavy atom. The Bertz CT molecular complexity index is 341. The number of halogens is 3. The number of nitrogens with zero attached hydrogens (tertiary/aromatic N) is 2. The first kappa shape index (κ1) is 16.7. The first-order valence-corrected chi connectivity index (χ1v) is 6.14. The molecule has 6 nitrogen and oxygen atoms in total. The monoisotopic (exact) mass is 298 g/mol. The summed E-state index contributed by atoms with van der Waals surface area (Å²) in [6.07, 6.45) is -4.40.